The molecule has 3 fully saturated rings. The van der Waals surface area contributed by atoms with E-state index in [0.29, 0.717) is 0 Å². The minimum absolute atomic E-state index is 0.0696. The lowest BCUT2D eigenvalue weighted by molar-refractivity contribution is -0.143. The Morgan fingerprint density at radius 2 is 1.52 bits per heavy atom. The number of aryl methyl sites for hydroxylation is 1. The highest BCUT2D eigenvalue weighted by atomic mass is 16.2. The van der Waals surface area contributed by atoms with Crippen LogP contribution in [0.4, 0.5) is 4.79 Å². The van der Waals surface area contributed by atoms with Crippen molar-refractivity contribution in [1.29, 1.82) is 0 Å². The maximum atomic E-state index is 13.6. The molecule has 1 aromatic rings. The second-order valence-corrected chi connectivity index (χ2v) is 10.3. The molecule has 180 valence electrons. The van der Waals surface area contributed by atoms with Crippen LogP contribution in [0, 0.1) is 0 Å². The predicted octanol–water partition coefficient (Wildman–Crippen LogP) is 4.90. The lowest BCUT2D eigenvalue weighted by Gasteiger charge is -2.42. The number of nitrogens with one attached hydrogen (secondary N) is 1. The van der Waals surface area contributed by atoms with Gasteiger partial charge in [-0.05, 0) is 50.2 Å². The number of carbonyl (C=O) groups is 3. The summed E-state index contributed by atoms with van der Waals surface area (Å²) < 4.78 is 0. The first kappa shape index (κ1) is 23.8. The van der Waals surface area contributed by atoms with E-state index in [4.69, 9.17) is 0 Å². The summed E-state index contributed by atoms with van der Waals surface area (Å²) in [6.07, 6.45) is 13.2. The molecule has 1 aromatic carbocycles. The summed E-state index contributed by atoms with van der Waals surface area (Å²) in [5.41, 5.74) is 0.833. The third-order valence-electron chi connectivity index (χ3n) is 7.86. The van der Waals surface area contributed by atoms with Gasteiger partial charge in [-0.2, -0.15) is 0 Å². The van der Waals surface area contributed by atoms with Gasteiger partial charge in [-0.25, -0.2) is 4.79 Å². The van der Waals surface area contributed by atoms with Crippen molar-refractivity contribution in [3.05, 3.63) is 35.4 Å². The number of carbonyl (C=O) groups excluding carboxylic acids is 3. The van der Waals surface area contributed by atoms with E-state index in [0.717, 1.165) is 74.7 Å². The molecule has 0 spiro atoms. The molecule has 3 aliphatic rings. The zero-order chi connectivity index (χ0) is 23.4. The number of benzene rings is 1. The van der Waals surface area contributed by atoms with Gasteiger partial charge in [0.15, 0.2) is 0 Å². The average molecular weight is 454 g/mol. The summed E-state index contributed by atoms with van der Waals surface area (Å²) in [6, 6.07) is 7.90. The van der Waals surface area contributed by atoms with Crippen LogP contribution >= 0.6 is 0 Å². The number of rotatable bonds is 7. The minimum atomic E-state index is -1.14. The summed E-state index contributed by atoms with van der Waals surface area (Å²) in [5.74, 6) is -0.406. The second-order valence-electron chi connectivity index (χ2n) is 10.3. The molecule has 1 atom stereocenters. The average Bonchev–Trinajstić information content (AvgIpc) is 3.05. The van der Waals surface area contributed by atoms with Crippen molar-refractivity contribution < 1.29 is 14.4 Å². The Kier molecular flexibility index (Phi) is 7.40. The van der Waals surface area contributed by atoms with E-state index >= 15 is 0 Å². The van der Waals surface area contributed by atoms with Crippen LogP contribution in [0.3, 0.4) is 0 Å². The Balaban J connectivity index is 1.51. The van der Waals surface area contributed by atoms with E-state index in [9.17, 15) is 14.4 Å². The zero-order valence-electron chi connectivity index (χ0n) is 20.3. The quantitative estimate of drug-likeness (QED) is 0.597. The van der Waals surface area contributed by atoms with Crippen LogP contribution in [0.2, 0.25) is 0 Å². The fraction of sp³-hybridized carbons (Fsp3) is 0.667. The highest BCUT2D eigenvalue weighted by Gasteiger charge is 2.50. The van der Waals surface area contributed by atoms with Gasteiger partial charge in [0.05, 0.1) is 0 Å². The first-order valence-corrected chi connectivity index (χ1v) is 13.0. The molecule has 6 nitrogen and oxygen atoms in total. The number of nitrogens with zero attached hydrogens (tertiary/aromatic N) is 2. The molecular weight excluding hydrogens is 414 g/mol. The molecule has 4 amide bonds. The molecule has 1 saturated heterocycles. The van der Waals surface area contributed by atoms with Crippen LogP contribution in [0.1, 0.15) is 95.6 Å². The van der Waals surface area contributed by atoms with E-state index in [1.54, 1.807) is 6.92 Å². The Hall–Kier alpha value is -2.37. The summed E-state index contributed by atoms with van der Waals surface area (Å²) in [6.45, 7) is 3.71. The third kappa shape index (κ3) is 4.95. The van der Waals surface area contributed by atoms with Crippen molar-refractivity contribution in [2.24, 2.45) is 0 Å². The van der Waals surface area contributed by atoms with E-state index < -0.39 is 11.6 Å². The zero-order valence-corrected chi connectivity index (χ0v) is 20.3. The molecule has 1 aliphatic heterocycles. The predicted molar refractivity (Wildman–Crippen MR) is 129 cm³/mol. The smallest absolute Gasteiger partial charge is 0.325 e. The molecule has 1 heterocycles. The van der Waals surface area contributed by atoms with Crippen molar-refractivity contribution in [2.45, 2.75) is 109 Å². The Morgan fingerprint density at radius 1 is 0.970 bits per heavy atom. The van der Waals surface area contributed by atoms with Gasteiger partial charge < -0.3 is 10.2 Å². The summed E-state index contributed by atoms with van der Waals surface area (Å²) >= 11 is 0. The van der Waals surface area contributed by atoms with Crippen LogP contribution in [0.5, 0.6) is 0 Å². The highest BCUT2D eigenvalue weighted by Crippen LogP contribution is 2.32. The lowest BCUT2D eigenvalue weighted by atomic mass is 9.88. The van der Waals surface area contributed by atoms with Crippen molar-refractivity contribution in [3.63, 3.8) is 0 Å². The topological polar surface area (TPSA) is 69.7 Å². The summed E-state index contributed by atoms with van der Waals surface area (Å²) in [5, 5.41) is 2.87. The number of amides is 4. The van der Waals surface area contributed by atoms with Crippen molar-refractivity contribution >= 4 is 17.8 Å². The van der Waals surface area contributed by atoms with Gasteiger partial charge in [0.25, 0.3) is 5.91 Å². The summed E-state index contributed by atoms with van der Waals surface area (Å²) in [7, 11) is 0. The van der Waals surface area contributed by atoms with Gasteiger partial charge in [0, 0.05) is 12.1 Å². The largest absolute Gasteiger partial charge is 0.335 e. The molecule has 0 bridgehead atoms. The first-order chi connectivity index (χ1) is 15.9. The van der Waals surface area contributed by atoms with Crippen molar-refractivity contribution in [1.82, 2.24) is 15.1 Å². The number of hydrogen-bond donors (Lipinski definition) is 1. The normalized spacial score (nSPS) is 24.7. The molecule has 0 radical (unpaired) electrons. The van der Waals surface area contributed by atoms with Gasteiger partial charge in [-0.3, -0.25) is 14.5 Å². The maximum absolute atomic E-state index is 13.6. The van der Waals surface area contributed by atoms with Crippen molar-refractivity contribution in [2.75, 3.05) is 6.54 Å². The highest BCUT2D eigenvalue weighted by molar-refractivity contribution is 6.09. The van der Waals surface area contributed by atoms with E-state index in [-0.39, 0.29) is 30.4 Å². The molecule has 33 heavy (non-hydrogen) atoms. The van der Waals surface area contributed by atoms with Gasteiger partial charge in [-0.15, -0.1) is 0 Å². The van der Waals surface area contributed by atoms with Gasteiger partial charge in [0.1, 0.15) is 12.1 Å². The molecule has 6 heteroatoms. The molecular formula is C27H39N3O3. The van der Waals surface area contributed by atoms with E-state index in [1.165, 1.54) is 18.4 Å². The monoisotopic (exact) mass is 453 g/mol. The molecule has 4 rings (SSSR count). The Bertz CT molecular complexity index is 838. The third-order valence-corrected chi connectivity index (χ3v) is 7.86. The fourth-order valence-corrected chi connectivity index (χ4v) is 5.97. The Labute approximate surface area is 198 Å². The summed E-state index contributed by atoms with van der Waals surface area (Å²) in [4.78, 5) is 43.1. The van der Waals surface area contributed by atoms with Crippen LogP contribution in [0.25, 0.3) is 0 Å². The molecule has 0 aromatic heterocycles. The standard InChI is InChI=1S/C27H39N3O3/c1-3-10-20-15-17-21(18-16-20)27(2)25(32)29(26(33)28-27)19-24(31)30(22-11-6-4-7-12-22)23-13-8-5-9-14-23/h15-18,22-23H,3-14,19H2,1-2H3,(H,28,33)/t27-/m1/s1. The van der Waals surface area contributed by atoms with Crippen molar-refractivity contribution in [3.8, 4) is 0 Å². The maximum Gasteiger partial charge on any atom is 0.325 e. The molecule has 0 unspecified atom stereocenters. The SMILES string of the molecule is CCCc1ccc([C@@]2(C)NC(=O)N(CC(=O)N(C3CCCCC3)C3CCCCC3)C2=O)cc1. The molecule has 1 N–H and O–H groups in total. The number of hydrogen-bond acceptors (Lipinski definition) is 3. The van der Waals surface area contributed by atoms with Crippen LogP contribution in [0.15, 0.2) is 24.3 Å². The van der Waals surface area contributed by atoms with E-state index in [2.05, 4.69) is 17.1 Å². The lowest BCUT2D eigenvalue weighted by Crippen LogP contribution is -2.53. The molecule has 2 saturated carbocycles. The molecule has 2 aliphatic carbocycles. The van der Waals surface area contributed by atoms with E-state index in [1.807, 2.05) is 24.3 Å². The van der Waals surface area contributed by atoms with Crippen LogP contribution in [-0.2, 0) is 21.5 Å². The van der Waals surface area contributed by atoms with Crippen LogP contribution in [-0.4, -0.2) is 46.3 Å². The second kappa shape index (κ2) is 10.3. The van der Waals surface area contributed by atoms with Gasteiger partial charge in [0.2, 0.25) is 5.91 Å². The van der Waals surface area contributed by atoms with Gasteiger partial charge in [-0.1, -0.05) is 76.1 Å². The number of urea groups is 1. The fourth-order valence-electron chi connectivity index (χ4n) is 5.97. The van der Waals surface area contributed by atoms with Crippen LogP contribution < -0.4 is 5.32 Å². The Morgan fingerprint density at radius 3 is 2.03 bits per heavy atom. The first-order valence-electron chi connectivity index (χ1n) is 13.0. The number of imide groups is 1. The minimum Gasteiger partial charge on any atom is -0.335 e. The van der Waals surface area contributed by atoms with Gasteiger partial charge >= 0.3 is 6.03 Å².